The quantitative estimate of drug-likeness (QED) is 0.633. The molecule has 2 aliphatic rings. The first-order valence-electron chi connectivity index (χ1n) is 9.70. The van der Waals surface area contributed by atoms with Crippen molar-refractivity contribution in [3.63, 3.8) is 0 Å². The molecule has 0 aliphatic heterocycles. The van der Waals surface area contributed by atoms with Crippen LogP contribution < -0.4 is 0 Å². The summed E-state index contributed by atoms with van der Waals surface area (Å²) in [6.45, 7) is 12.2. The summed E-state index contributed by atoms with van der Waals surface area (Å²) in [5.41, 5.74) is -2.24. The predicted octanol–water partition coefficient (Wildman–Crippen LogP) is 2.72. The van der Waals surface area contributed by atoms with Gasteiger partial charge in [-0.15, -0.1) is 0 Å². The summed E-state index contributed by atoms with van der Waals surface area (Å²) < 4.78 is 0. The van der Waals surface area contributed by atoms with Crippen LogP contribution in [0, 0.1) is 28.6 Å². The largest absolute Gasteiger partial charge is 0.392 e. The molecule has 0 bridgehead atoms. The first-order chi connectivity index (χ1) is 10.9. The van der Waals surface area contributed by atoms with Crippen molar-refractivity contribution in [3.05, 3.63) is 0 Å². The Hall–Kier alpha value is -0.160. The third-order valence-corrected chi connectivity index (χ3v) is 7.85. The van der Waals surface area contributed by atoms with E-state index in [2.05, 4.69) is 27.7 Å². The molecule has 0 radical (unpaired) electrons. The molecule has 0 saturated heterocycles. The van der Waals surface area contributed by atoms with Crippen molar-refractivity contribution in [1.82, 2.24) is 0 Å². The molecule has 24 heavy (non-hydrogen) atoms. The van der Waals surface area contributed by atoms with Gasteiger partial charge in [0.1, 0.15) is 0 Å². The Morgan fingerprint density at radius 2 is 1.67 bits per heavy atom. The number of hydrogen-bond acceptors (Lipinski definition) is 4. The molecule has 0 unspecified atom stereocenters. The molecule has 0 aromatic rings. The van der Waals surface area contributed by atoms with Gasteiger partial charge >= 0.3 is 0 Å². The molecule has 0 aromatic carbocycles. The third kappa shape index (κ3) is 2.74. The van der Waals surface area contributed by atoms with Crippen molar-refractivity contribution < 1.29 is 20.4 Å². The number of aliphatic hydroxyl groups is 4. The van der Waals surface area contributed by atoms with Gasteiger partial charge in [0.25, 0.3) is 0 Å². The molecule has 8 atom stereocenters. The topological polar surface area (TPSA) is 80.9 Å². The maximum atomic E-state index is 11.8. The number of aliphatic hydroxyl groups excluding tert-OH is 3. The molecule has 0 amide bonds. The Morgan fingerprint density at radius 3 is 2.21 bits per heavy atom. The lowest BCUT2D eigenvalue weighted by Gasteiger charge is -2.67. The smallest absolute Gasteiger partial charge is 0.0855 e. The monoisotopic (exact) mass is 342 g/mol. The van der Waals surface area contributed by atoms with Crippen LogP contribution in [0.15, 0.2) is 0 Å². The van der Waals surface area contributed by atoms with Crippen LogP contribution >= 0.6 is 0 Å². The van der Waals surface area contributed by atoms with Crippen LogP contribution in [0.25, 0.3) is 0 Å². The highest BCUT2D eigenvalue weighted by atomic mass is 16.3. The minimum Gasteiger partial charge on any atom is -0.392 e. The summed E-state index contributed by atoms with van der Waals surface area (Å²) in [6, 6.07) is 0. The van der Waals surface area contributed by atoms with E-state index in [9.17, 15) is 20.4 Å². The van der Waals surface area contributed by atoms with E-state index in [4.69, 9.17) is 0 Å². The van der Waals surface area contributed by atoms with Crippen LogP contribution in [0.2, 0.25) is 0 Å². The molecular formula is C20H38O4. The van der Waals surface area contributed by atoms with E-state index in [1.165, 1.54) is 0 Å². The second-order valence-electron chi connectivity index (χ2n) is 9.55. The fourth-order valence-electron chi connectivity index (χ4n) is 5.79. The summed E-state index contributed by atoms with van der Waals surface area (Å²) in [6.07, 6.45) is 1.32. The lowest BCUT2D eigenvalue weighted by atomic mass is 9.42. The minimum absolute atomic E-state index is 0.237. The van der Waals surface area contributed by atoms with Gasteiger partial charge in [-0.05, 0) is 37.0 Å². The Labute approximate surface area is 147 Å². The lowest BCUT2D eigenvalue weighted by Crippen LogP contribution is -2.74. The highest BCUT2D eigenvalue weighted by Gasteiger charge is 2.69. The van der Waals surface area contributed by atoms with Crippen molar-refractivity contribution in [3.8, 4) is 0 Å². The first-order valence-corrected chi connectivity index (χ1v) is 9.70. The molecule has 4 N–H and O–H groups in total. The van der Waals surface area contributed by atoms with Crippen LogP contribution in [0.3, 0.4) is 0 Å². The molecular weight excluding hydrogens is 304 g/mol. The minimum atomic E-state index is -1.18. The standard InChI is InChI=1S/C20H38O4/c1-7-12(2)8-11-20(24)13(3)15(22)16(23)17-18(4,5)10-9-14(21)19(17,20)6/h12-17,21-24H,7-11H2,1-6H3/t12-,13+,14-,15+,16+,17+,19+,20+/m1/s1. The molecule has 0 aromatic heterocycles. The van der Waals surface area contributed by atoms with Crippen LogP contribution in [0.5, 0.6) is 0 Å². The predicted molar refractivity (Wildman–Crippen MR) is 95.4 cm³/mol. The zero-order chi connectivity index (χ0) is 18.5. The number of rotatable bonds is 4. The van der Waals surface area contributed by atoms with Gasteiger partial charge in [0, 0.05) is 17.3 Å². The van der Waals surface area contributed by atoms with E-state index in [0.717, 1.165) is 19.3 Å². The number of fused-ring (bicyclic) bond motifs is 1. The van der Waals surface area contributed by atoms with Crippen LogP contribution in [-0.2, 0) is 0 Å². The van der Waals surface area contributed by atoms with E-state index in [1.54, 1.807) is 0 Å². The van der Waals surface area contributed by atoms with E-state index < -0.39 is 35.2 Å². The zero-order valence-corrected chi connectivity index (χ0v) is 16.3. The van der Waals surface area contributed by atoms with Gasteiger partial charge in [-0.3, -0.25) is 0 Å². The van der Waals surface area contributed by atoms with E-state index in [-0.39, 0.29) is 11.3 Å². The Bertz CT molecular complexity index is 451. The molecule has 2 saturated carbocycles. The van der Waals surface area contributed by atoms with Gasteiger partial charge in [0.2, 0.25) is 0 Å². The lowest BCUT2D eigenvalue weighted by molar-refractivity contribution is -0.305. The molecule has 2 aliphatic carbocycles. The fraction of sp³-hybridized carbons (Fsp3) is 1.00. The second kappa shape index (κ2) is 6.53. The maximum absolute atomic E-state index is 11.8. The molecule has 0 heterocycles. The van der Waals surface area contributed by atoms with Gasteiger partial charge in [0.05, 0.1) is 23.9 Å². The van der Waals surface area contributed by atoms with Gasteiger partial charge in [-0.25, -0.2) is 0 Å². The van der Waals surface area contributed by atoms with Crippen molar-refractivity contribution in [2.75, 3.05) is 0 Å². The summed E-state index contributed by atoms with van der Waals surface area (Å²) >= 11 is 0. The fourth-order valence-corrected chi connectivity index (χ4v) is 5.79. The van der Waals surface area contributed by atoms with Crippen molar-refractivity contribution in [1.29, 1.82) is 0 Å². The molecule has 4 heteroatoms. The maximum Gasteiger partial charge on any atom is 0.0855 e. The van der Waals surface area contributed by atoms with Gasteiger partial charge in [0.15, 0.2) is 0 Å². The van der Waals surface area contributed by atoms with Crippen molar-refractivity contribution >= 4 is 0 Å². The summed E-state index contributed by atoms with van der Waals surface area (Å²) in [5.74, 6) is -0.316. The van der Waals surface area contributed by atoms with Crippen molar-refractivity contribution in [2.24, 2.45) is 28.6 Å². The molecule has 142 valence electrons. The van der Waals surface area contributed by atoms with Gasteiger partial charge in [-0.2, -0.15) is 0 Å². The summed E-state index contributed by atoms with van der Waals surface area (Å²) in [4.78, 5) is 0. The van der Waals surface area contributed by atoms with Crippen LogP contribution in [0.1, 0.15) is 73.6 Å². The SMILES string of the molecule is CC[C@@H](C)CC[C@]1(O)[C@@H](C)[C@H](O)[C@H](O)[C@H]2C(C)(C)CC[C@@H](O)[C@@]21C. The molecule has 4 nitrogen and oxygen atoms in total. The van der Waals surface area contributed by atoms with E-state index >= 15 is 0 Å². The molecule has 2 fully saturated rings. The normalized spacial score (nSPS) is 49.5. The molecule has 0 spiro atoms. The Balaban J connectivity index is 2.50. The summed E-state index contributed by atoms with van der Waals surface area (Å²) in [7, 11) is 0. The first kappa shape index (κ1) is 20.2. The zero-order valence-electron chi connectivity index (χ0n) is 16.3. The van der Waals surface area contributed by atoms with Crippen molar-refractivity contribution in [2.45, 2.75) is 97.6 Å². The van der Waals surface area contributed by atoms with E-state index in [1.807, 2.05) is 13.8 Å². The highest BCUT2D eigenvalue weighted by molar-refractivity contribution is 5.18. The average molecular weight is 343 g/mol. The number of hydrogen-bond donors (Lipinski definition) is 4. The highest BCUT2D eigenvalue weighted by Crippen LogP contribution is 2.63. The molecule has 2 rings (SSSR count). The van der Waals surface area contributed by atoms with Gasteiger partial charge in [-0.1, -0.05) is 48.0 Å². The van der Waals surface area contributed by atoms with E-state index in [0.29, 0.717) is 18.8 Å². The average Bonchev–Trinajstić information content (AvgIpc) is 2.52. The Kier molecular flexibility index (Phi) is 5.49. The second-order valence-corrected chi connectivity index (χ2v) is 9.55. The summed E-state index contributed by atoms with van der Waals surface area (Å²) in [5, 5.41) is 44.3. The van der Waals surface area contributed by atoms with Crippen LogP contribution in [0.4, 0.5) is 0 Å². The van der Waals surface area contributed by atoms with Gasteiger partial charge < -0.3 is 20.4 Å². The van der Waals surface area contributed by atoms with Crippen LogP contribution in [-0.4, -0.2) is 44.3 Å². The third-order valence-electron chi connectivity index (χ3n) is 7.85. The Morgan fingerprint density at radius 1 is 1.08 bits per heavy atom.